The molecule has 0 bridgehead atoms. The summed E-state index contributed by atoms with van der Waals surface area (Å²) < 4.78 is 33.9. The van der Waals surface area contributed by atoms with E-state index in [0.29, 0.717) is 34.6 Å². The molecule has 1 aliphatic carbocycles. The lowest BCUT2D eigenvalue weighted by Crippen LogP contribution is -2.40. The highest BCUT2D eigenvalue weighted by Crippen LogP contribution is 2.40. The molecule has 2 aromatic carbocycles. The van der Waals surface area contributed by atoms with Gasteiger partial charge >= 0.3 is 0 Å². The van der Waals surface area contributed by atoms with E-state index < -0.39 is 15.6 Å². The molecule has 1 aromatic heterocycles. The maximum atomic E-state index is 13.8. The number of amides is 1. The van der Waals surface area contributed by atoms with Crippen LogP contribution in [0.25, 0.3) is 11.1 Å². The van der Waals surface area contributed by atoms with Gasteiger partial charge in [0.05, 0.1) is 18.0 Å². The molecular weight excluding hydrogens is 540 g/mol. The van der Waals surface area contributed by atoms with Crippen molar-refractivity contribution in [3.8, 4) is 11.1 Å². The van der Waals surface area contributed by atoms with Gasteiger partial charge in [-0.3, -0.25) is 14.7 Å². The Hall–Kier alpha value is -3.50. The first-order chi connectivity index (χ1) is 19.6. The van der Waals surface area contributed by atoms with Crippen LogP contribution in [0.5, 0.6) is 0 Å². The van der Waals surface area contributed by atoms with Gasteiger partial charge in [0.15, 0.2) is 5.82 Å². The van der Waals surface area contributed by atoms with Gasteiger partial charge in [-0.05, 0) is 55.9 Å². The van der Waals surface area contributed by atoms with Crippen molar-refractivity contribution in [2.24, 2.45) is 4.99 Å². The van der Waals surface area contributed by atoms with Crippen LogP contribution in [0.1, 0.15) is 74.3 Å². The monoisotopic (exact) mass is 578 g/mol. The van der Waals surface area contributed by atoms with Crippen LogP contribution in [0.3, 0.4) is 0 Å². The number of hydrogen-bond donors (Lipinski definition) is 1. The highest BCUT2D eigenvalue weighted by molar-refractivity contribution is 7.93. The summed E-state index contributed by atoms with van der Waals surface area (Å²) in [5.41, 5.74) is 2.55. The minimum Gasteiger partial charge on any atom is -0.392 e. The fourth-order valence-electron chi connectivity index (χ4n) is 5.89. The van der Waals surface area contributed by atoms with Crippen molar-refractivity contribution in [2.75, 3.05) is 11.4 Å². The molecule has 9 nitrogen and oxygen atoms in total. The number of nitrogens with zero attached hydrogens (tertiary/aromatic N) is 4. The van der Waals surface area contributed by atoms with Crippen molar-refractivity contribution >= 4 is 27.6 Å². The largest absolute Gasteiger partial charge is 0.392 e. The number of sulfonamides is 1. The first-order valence-corrected chi connectivity index (χ1v) is 15.7. The number of aromatic nitrogens is 1. The van der Waals surface area contributed by atoms with Crippen molar-refractivity contribution in [1.82, 2.24) is 10.1 Å². The van der Waals surface area contributed by atoms with E-state index in [1.165, 1.54) is 7.05 Å². The molecule has 0 unspecified atom stereocenters. The highest BCUT2D eigenvalue weighted by atomic mass is 32.2. The molecule has 10 heteroatoms. The molecule has 1 saturated carbocycles. The predicted molar refractivity (Wildman–Crippen MR) is 158 cm³/mol. The molecule has 1 aliphatic heterocycles. The topological polar surface area (TPSA) is 116 Å². The summed E-state index contributed by atoms with van der Waals surface area (Å²) in [6, 6.07) is 12.3. The number of carbonyl (C=O) groups is 1. The van der Waals surface area contributed by atoms with Gasteiger partial charge in [-0.25, -0.2) is 12.7 Å². The molecule has 0 atom stereocenters. The Morgan fingerprint density at radius 1 is 1.10 bits per heavy atom. The molecule has 2 aliphatic rings. The molecule has 0 saturated heterocycles. The fourth-order valence-corrected chi connectivity index (χ4v) is 7.29. The number of carbonyl (C=O) groups excluding carboxylic acids is 1. The molecule has 218 valence electrons. The quantitative estimate of drug-likeness (QED) is 0.339. The molecule has 1 spiro atoms. The number of amidine groups is 1. The normalized spacial score (nSPS) is 16.6. The van der Waals surface area contributed by atoms with Gasteiger partial charge in [0.25, 0.3) is 15.9 Å². The lowest BCUT2D eigenvalue weighted by atomic mass is 9.96. The minimum absolute atomic E-state index is 0.0774. The lowest BCUT2D eigenvalue weighted by molar-refractivity contribution is -0.131. The summed E-state index contributed by atoms with van der Waals surface area (Å²) in [6.45, 7) is 5.70. The van der Waals surface area contributed by atoms with Crippen LogP contribution in [0.4, 0.5) is 5.82 Å². The maximum Gasteiger partial charge on any atom is 0.265 e. The van der Waals surface area contributed by atoms with Crippen molar-refractivity contribution in [2.45, 2.75) is 89.3 Å². The van der Waals surface area contributed by atoms with E-state index in [1.54, 1.807) is 38.1 Å². The summed E-state index contributed by atoms with van der Waals surface area (Å²) in [6.07, 6.45) is 6.37. The first-order valence-electron chi connectivity index (χ1n) is 14.3. The highest BCUT2D eigenvalue weighted by Gasteiger charge is 2.49. The molecule has 2 heterocycles. The number of benzene rings is 2. The third-order valence-electron chi connectivity index (χ3n) is 8.41. The van der Waals surface area contributed by atoms with Crippen molar-refractivity contribution in [3.63, 3.8) is 0 Å². The number of aliphatic hydroxyl groups is 1. The lowest BCUT2D eigenvalue weighted by Gasteiger charge is -2.23. The standard InChI is InChI=1S/C31H38N4O5S/c1-5-6-13-28-32-31(16-9-10-17-31)30(37)35(28)19-23-14-15-25(24(18-23)20-36)26-11-7-8-12-27(26)41(38,39)34(4)29-21(2)22(3)40-33-29/h7-8,11-12,14-15,18,36H,5-6,9-10,13,16-17,19-20H2,1-4H3. The number of aryl methyl sites for hydroxylation is 1. The Morgan fingerprint density at radius 3 is 2.49 bits per heavy atom. The molecular formula is C31H38N4O5S. The van der Waals surface area contributed by atoms with Crippen molar-refractivity contribution in [1.29, 1.82) is 0 Å². The van der Waals surface area contributed by atoms with Gasteiger partial charge in [-0.2, -0.15) is 0 Å². The van der Waals surface area contributed by atoms with Crippen LogP contribution in [0.15, 0.2) is 56.9 Å². The maximum absolute atomic E-state index is 13.8. The Labute approximate surface area is 241 Å². The van der Waals surface area contributed by atoms with Crippen LogP contribution in [-0.4, -0.2) is 47.9 Å². The zero-order chi connectivity index (χ0) is 29.4. The summed E-state index contributed by atoms with van der Waals surface area (Å²) in [5, 5.41) is 14.3. The van der Waals surface area contributed by atoms with E-state index in [2.05, 4.69) is 12.1 Å². The Morgan fingerprint density at radius 2 is 1.83 bits per heavy atom. The van der Waals surface area contributed by atoms with Crippen LogP contribution in [-0.2, 0) is 28.0 Å². The van der Waals surface area contributed by atoms with E-state index in [1.807, 2.05) is 23.1 Å². The van der Waals surface area contributed by atoms with Crippen LogP contribution < -0.4 is 4.31 Å². The summed E-state index contributed by atoms with van der Waals surface area (Å²) >= 11 is 0. The van der Waals surface area contributed by atoms with Crippen LogP contribution in [0.2, 0.25) is 0 Å². The number of unbranched alkanes of at least 4 members (excludes halogenated alkanes) is 1. The molecule has 1 fully saturated rings. The SMILES string of the molecule is CCCCC1=NC2(CCCC2)C(=O)N1Cc1ccc(-c2ccccc2S(=O)(=O)N(C)c2noc(C)c2C)c(CO)c1. The van der Waals surface area contributed by atoms with Gasteiger partial charge in [0, 0.05) is 24.6 Å². The number of rotatable bonds is 10. The summed E-state index contributed by atoms with van der Waals surface area (Å²) in [5.74, 6) is 1.71. The average Bonchev–Trinajstić information content (AvgIpc) is 3.66. The van der Waals surface area contributed by atoms with Crippen LogP contribution in [0, 0.1) is 13.8 Å². The summed E-state index contributed by atoms with van der Waals surface area (Å²) in [4.78, 5) is 20.5. The number of aliphatic hydroxyl groups excluding tert-OH is 1. The number of aliphatic imine (C=N–C) groups is 1. The number of hydrogen-bond acceptors (Lipinski definition) is 7. The minimum atomic E-state index is -4.01. The Kier molecular flexibility index (Phi) is 8.07. The second-order valence-corrected chi connectivity index (χ2v) is 13.0. The van der Waals surface area contributed by atoms with E-state index in [9.17, 15) is 18.3 Å². The van der Waals surface area contributed by atoms with E-state index >= 15 is 0 Å². The fraction of sp³-hybridized carbons (Fsp3) is 0.452. The smallest absolute Gasteiger partial charge is 0.265 e. The van der Waals surface area contributed by atoms with E-state index in [-0.39, 0.29) is 23.2 Å². The first kappa shape index (κ1) is 29.0. The van der Waals surface area contributed by atoms with Gasteiger partial charge in [-0.1, -0.05) is 67.7 Å². The van der Waals surface area contributed by atoms with Gasteiger partial charge in [0.2, 0.25) is 0 Å². The molecule has 0 radical (unpaired) electrons. The zero-order valence-electron chi connectivity index (χ0n) is 24.2. The van der Waals surface area contributed by atoms with Crippen molar-refractivity contribution < 1.29 is 22.8 Å². The van der Waals surface area contributed by atoms with Crippen LogP contribution >= 0.6 is 0 Å². The average molecular weight is 579 g/mol. The molecule has 3 aromatic rings. The third kappa shape index (κ3) is 5.19. The molecule has 1 amide bonds. The summed E-state index contributed by atoms with van der Waals surface area (Å²) in [7, 11) is -2.56. The van der Waals surface area contributed by atoms with Gasteiger partial charge in [-0.15, -0.1) is 0 Å². The van der Waals surface area contributed by atoms with Gasteiger partial charge < -0.3 is 9.63 Å². The molecule has 1 N–H and O–H groups in total. The second kappa shape index (κ2) is 11.4. The van der Waals surface area contributed by atoms with Crippen molar-refractivity contribution in [3.05, 3.63) is 64.9 Å². The van der Waals surface area contributed by atoms with E-state index in [0.717, 1.165) is 60.7 Å². The zero-order valence-corrected chi connectivity index (χ0v) is 25.0. The third-order valence-corrected chi connectivity index (χ3v) is 10.2. The van der Waals surface area contributed by atoms with E-state index in [4.69, 9.17) is 9.52 Å². The van der Waals surface area contributed by atoms with Gasteiger partial charge in [0.1, 0.15) is 17.1 Å². The predicted octanol–water partition coefficient (Wildman–Crippen LogP) is 5.52. The number of anilines is 1. The second-order valence-electron chi connectivity index (χ2n) is 11.1. The Balaban J connectivity index is 1.48. The Bertz CT molecular complexity index is 1590. The molecule has 41 heavy (non-hydrogen) atoms. The molecule has 5 rings (SSSR count).